The largest absolute Gasteiger partial charge is 0.496 e. The zero-order valence-corrected chi connectivity index (χ0v) is 24.5. The average Bonchev–Trinajstić information content (AvgIpc) is 3.38. The van der Waals surface area contributed by atoms with Gasteiger partial charge in [-0.2, -0.15) is 0 Å². The van der Waals surface area contributed by atoms with Crippen LogP contribution in [0.3, 0.4) is 0 Å². The van der Waals surface area contributed by atoms with Crippen molar-refractivity contribution in [3.05, 3.63) is 86.7 Å². The minimum absolute atomic E-state index is 0.103. The molecule has 202 valence electrons. The summed E-state index contributed by atoms with van der Waals surface area (Å²) in [4.78, 5) is 32.3. The van der Waals surface area contributed by atoms with E-state index in [4.69, 9.17) is 9.72 Å². The first-order valence-corrected chi connectivity index (χ1v) is 15.1. The van der Waals surface area contributed by atoms with Crippen LogP contribution in [0.25, 0.3) is 17.0 Å². The fourth-order valence-electron chi connectivity index (χ4n) is 5.46. The van der Waals surface area contributed by atoms with E-state index in [2.05, 4.69) is 17.1 Å². The molecule has 4 aromatic rings. The number of Topliss-reactive ketones (excluding diaryl/α,β-unsaturated/α-hetero) is 1. The molecule has 0 saturated heterocycles. The molecule has 0 aliphatic heterocycles. The summed E-state index contributed by atoms with van der Waals surface area (Å²) in [5.41, 5.74) is 5.74. The van der Waals surface area contributed by atoms with Gasteiger partial charge < -0.3 is 4.74 Å². The number of nitrogens with one attached hydrogen (secondary N) is 1. The van der Waals surface area contributed by atoms with Crippen LogP contribution in [-0.4, -0.2) is 27.8 Å². The Bertz CT molecular complexity index is 1570. The second kappa shape index (κ2) is 9.98. The zero-order valence-electron chi connectivity index (χ0n) is 22.8. The first-order valence-electron chi connectivity index (χ1n) is 12.6. The molecule has 1 aliphatic rings. The van der Waals surface area contributed by atoms with Gasteiger partial charge in [-0.05, 0) is 63.4 Å². The molecule has 2 heterocycles. The molecule has 0 unspecified atom stereocenters. The highest BCUT2D eigenvalue weighted by Gasteiger charge is 2.50. The number of nitro benzene ring substituents is 1. The third kappa shape index (κ3) is 4.69. The first kappa shape index (κ1) is 27.2. The van der Waals surface area contributed by atoms with Crippen molar-refractivity contribution in [1.82, 2.24) is 9.97 Å². The van der Waals surface area contributed by atoms with E-state index in [0.29, 0.717) is 17.5 Å². The van der Waals surface area contributed by atoms with Crippen molar-refractivity contribution in [2.45, 2.75) is 57.0 Å². The van der Waals surface area contributed by atoms with E-state index in [9.17, 15) is 14.9 Å². The number of rotatable bonds is 8. The van der Waals surface area contributed by atoms with Gasteiger partial charge in [0.05, 0.1) is 24.0 Å². The predicted octanol–water partition coefficient (Wildman–Crippen LogP) is 6.28. The van der Waals surface area contributed by atoms with Crippen molar-refractivity contribution < 1.29 is 19.0 Å². The van der Waals surface area contributed by atoms with Gasteiger partial charge >= 0.3 is 5.95 Å². The van der Waals surface area contributed by atoms with Crippen LogP contribution in [0.15, 0.2) is 48.7 Å². The molecule has 0 saturated carbocycles. The number of imidazole rings is 1. The number of ketones is 1. The topological polar surface area (TPSA) is 102 Å². The fourth-order valence-corrected chi connectivity index (χ4v) is 7.65. The van der Waals surface area contributed by atoms with Crippen LogP contribution in [0, 0.1) is 17.0 Å². The second-order valence-electron chi connectivity index (χ2n) is 10.8. The molecule has 0 spiro atoms. The standard InChI is InChI=1S/C29H31N4O4S2/c1-17-24(16-39-38-15-18-8-7-9-19(12-18)33(35)36)32(11-10-25(17)37-6)27-30-22-13-20-21(14-23(22)31-27)29(4,5)26(34)28(20,2)3/h7-14H,15-16H2,1-6H3,(H,30,31)/q+1. The number of hydrogen-bond acceptors (Lipinski definition) is 7. The summed E-state index contributed by atoms with van der Waals surface area (Å²) in [6, 6.07) is 12.8. The average molecular weight is 564 g/mol. The van der Waals surface area contributed by atoms with Crippen LogP contribution in [0.5, 0.6) is 5.75 Å². The number of fused-ring (bicyclic) bond motifs is 2. The number of nitrogens with zero attached hydrogens (tertiary/aromatic N) is 3. The molecule has 1 aliphatic carbocycles. The summed E-state index contributed by atoms with van der Waals surface area (Å²) in [6.45, 7) is 10.0. The number of aromatic nitrogens is 3. The highest BCUT2D eigenvalue weighted by molar-refractivity contribution is 8.76. The molecule has 0 bridgehead atoms. The number of benzene rings is 2. The second-order valence-corrected chi connectivity index (χ2v) is 13.3. The van der Waals surface area contributed by atoms with Gasteiger partial charge in [0.25, 0.3) is 5.69 Å². The predicted molar refractivity (Wildman–Crippen MR) is 156 cm³/mol. The van der Waals surface area contributed by atoms with E-state index in [1.54, 1.807) is 40.8 Å². The lowest BCUT2D eigenvalue weighted by Gasteiger charge is -2.21. The van der Waals surface area contributed by atoms with E-state index < -0.39 is 10.8 Å². The molecule has 39 heavy (non-hydrogen) atoms. The lowest BCUT2D eigenvalue weighted by molar-refractivity contribution is -0.610. The first-order chi connectivity index (χ1) is 18.4. The van der Waals surface area contributed by atoms with E-state index >= 15 is 0 Å². The van der Waals surface area contributed by atoms with Gasteiger partial charge in [0.15, 0.2) is 11.3 Å². The molecule has 2 aromatic heterocycles. The molecule has 5 rings (SSSR count). The fraction of sp³-hybridized carbons (Fsp3) is 0.345. The normalized spacial score (nSPS) is 15.5. The Morgan fingerprint density at radius 1 is 1.05 bits per heavy atom. The Labute approximate surface area is 235 Å². The van der Waals surface area contributed by atoms with Gasteiger partial charge in [-0.1, -0.05) is 38.7 Å². The van der Waals surface area contributed by atoms with Crippen LogP contribution in [0.1, 0.15) is 55.6 Å². The number of pyridine rings is 1. The van der Waals surface area contributed by atoms with Crippen molar-refractivity contribution >= 4 is 44.1 Å². The Hall–Kier alpha value is -3.37. The minimum Gasteiger partial charge on any atom is -0.496 e. The molecular formula is C29H31N4O4S2+. The molecular weight excluding hydrogens is 532 g/mol. The Morgan fingerprint density at radius 2 is 1.74 bits per heavy atom. The lowest BCUT2D eigenvalue weighted by atomic mass is 9.80. The van der Waals surface area contributed by atoms with Crippen LogP contribution < -0.4 is 9.30 Å². The minimum atomic E-state index is -0.561. The van der Waals surface area contributed by atoms with Crippen molar-refractivity contribution in [2.24, 2.45) is 0 Å². The smallest absolute Gasteiger partial charge is 0.402 e. The molecule has 10 heteroatoms. The summed E-state index contributed by atoms with van der Waals surface area (Å²) >= 11 is 0. The Balaban J connectivity index is 1.45. The molecule has 1 N–H and O–H groups in total. The molecule has 0 fully saturated rings. The maximum atomic E-state index is 13.1. The van der Waals surface area contributed by atoms with Crippen molar-refractivity contribution in [2.75, 3.05) is 7.11 Å². The maximum absolute atomic E-state index is 13.1. The van der Waals surface area contributed by atoms with Crippen LogP contribution in [0.4, 0.5) is 5.69 Å². The Kier molecular flexibility index (Phi) is 6.97. The van der Waals surface area contributed by atoms with Crippen LogP contribution in [-0.2, 0) is 27.1 Å². The van der Waals surface area contributed by atoms with Crippen LogP contribution >= 0.6 is 21.6 Å². The van der Waals surface area contributed by atoms with E-state index in [0.717, 1.165) is 44.7 Å². The van der Waals surface area contributed by atoms with Gasteiger partial charge in [-0.15, -0.1) is 0 Å². The van der Waals surface area contributed by atoms with Crippen LogP contribution in [0.2, 0.25) is 0 Å². The third-order valence-corrected chi connectivity index (χ3v) is 9.85. The highest BCUT2D eigenvalue weighted by atomic mass is 33.1. The van der Waals surface area contributed by atoms with E-state index in [1.807, 2.05) is 57.5 Å². The quantitative estimate of drug-likeness (QED) is 0.0884. The number of carbonyl (C=O) groups is 1. The summed E-state index contributed by atoms with van der Waals surface area (Å²) in [7, 11) is 4.98. The molecule has 2 aromatic carbocycles. The lowest BCUT2D eigenvalue weighted by Crippen LogP contribution is -2.37. The summed E-state index contributed by atoms with van der Waals surface area (Å²) in [6.07, 6.45) is 1.95. The Morgan fingerprint density at radius 3 is 2.44 bits per heavy atom. The monoisotopic (exact) mass is 563 g/mol. The number of non-ortho nitro benzene ring substituents is 1. The number of carbonyl (C=O) groups excluding carboxylic acids is 1. The number of aromatic amines is 1. The summed E-state index contributed by atoms with van der Waals surface area (Å²) in [5.74, 6) is 3.03. The van der Waals surface area contributed by atoms with E-state index in [-0.39, 0.29) is 16.4 Å². The number of methoxy groups -OCH3 is 1. The molecule has 0 amide bonds. The highest BCUT2D eigenvalue weighted by Crippen LogP contribution is 2.47. The van der Waals surface area contributed by atoms with Crippen molar-refractivity contribution in [3.8, 4) is 11.7 Å². The molecule has 0 atom stereocenters. The molecule has 0 radical (unpaired) electrons. The number of ether oxygens (including phenoxy) is 1. The summed E-state index contributed by atoms with van der Waals surface area (Å²) < 4.78 is 7.65. The number of hydrogen-bond donors (Lipinski definition) is 1. The SMILES string of the molecule is COc1cc[n+](-c2nc3cc4c(cc3[nH]2)C(C)(C)C(=O)C4(C)C)c(CSSCc2cccc([N+](=O)[O-])c2)c1C. The number of H-pyrrole nitrogens is 1. The van der Waals surface area contributed by atoms with Gasteiger partial charge in [-0.25, -0.2) is 9.55 Å². The van der Waals surface area contributed by atoms with Gasteiger partial charge in [0.2, 0.25) is 0 Å². The maximum Gasteiger partial charge on any atom is 0.402 e. The van der Waals surface area contributed by atoms with E-state index in [1.165, 1.54) is 6.07 Å². The number of nitro groups is 1. The molecule has 8 nitrogen and oxygen atoms in total. The van der Waals surface area contributed by atoms with Crippen molar-refractivity contribution in [1.29, 1.82) is 0 Å². The third-order valence-electron chi connectivity index (χ3n) is 7.63. The van der Waals surface area contributed by atoms with Gasteiger partial charge in [0, 0.05) is 40.3 Å². The zero-order chi connectivity index (χ0) is 28.1. The van der Waals surface area contributed by atoms with Gasteiger partial charge in [0.1, 0.15) is 17.0 Å². The summed E-state index contributed by atoms with van der Waals surface area (Å²) in [5, 5.41) is 11.1. The van der Waals surface area contributed by atoms with Crippen molar-refractivity contribution in [3.63, 3.8) is 0 Å². The van der Waals surface area contributed by atoms with Gasteiger partial charge in [-0.3, -0.25) is 14.9 Å².